The molecule has 0 saturated heterocycles. The van der Waals surface area contributed by atoms with Gasteiger partial charge in [-0.3, -0.25) is 4.57 Å². The van der Waals surface area contributed by atoms with E-state index in [9.17, 15) is 0 Å². The van der Waals surface area contributed by atoms with Crippen molar-refractivity contribution in [3.63, 3.8) is 0 Å². The number of aromatic nitrogens is 3. The fraction of sp³-hybridized carbons (Fsp3) is 0. The maximum Gasteiger partial charge on any atom is 0.235 e. The minimum atomic E-state index is 0.619. The summed E-state index contributed by atoms with van der Waals surface area (Å²) in [5.74, 6) is 0.619. The third-order valence-corrected chi connectivity index (χ3v) is 11.6. The molecule has 0 aliphatic carbocycles. The lowest BCUT2D eigenvalue weighted by Gasteiger charge is -2.13. The van der Waals surface area contributed by atoms with Gasteiger partial charge in [-0.25, -0.2) is 9.97 Å². The Morgan fingerprint density at radius 1 is 0.345 bits per heavy atom. The van der Waals surface area contributed by atoms with Gasteiger partial charge in [0, 0.05) is 32.5 Å². The molecular weight excluding hydrogens is 707 g/mol. The van der Waals surface area contributed by atoms with Crippen LogP contribution in [0.1, 0.15) is 0 Å². The van der Waals surface area contributed by atoms with E-state index in [1.54, 1.807) is 0 Å². The van der Waals surface area contributed by atoms with Crippen molar-refractivity contribution in [1.82, 2.24) is 14.5 Å². The summed E-state index contributed by atoms with van der Waals surface area (Å²) in [5.41, 5.74) is 13.5. The van der Waals surface area contributed by atoms with Crippen molar-refractivity contribution < 1.29 is 4.42 Å². The molecule has 4 heteroatoms. The fourth-order valence-electron chi connectivity index (χ4n) is 8.94. The second-order valence-corrected chi connectivity index (χ2v) is 14.9. The van der Waals surface area contributed by atoms with Gasteiger partial charge in [-0.15, -0.1) is 0 Å². The Morgan fingerprint density at radius 3 is 1.67 bits per heavy atom. The average Bonchev–Trinajstić information content (AvgIpc) is 3.84. The number of nitrogens with zero attached hydrogens (tertiary/aromatic N) is 3. The van der Waals surface area contributed by atoms with Gasteiger partial charge >= 0.3 is 0 Å². The molecule has 4 nitrogen and oxygen atoms in total. The molecule has 0 fully saturated rings. The maximum absolute atomic E-state index is 6.73. The van der Waals surface area contributed by atoms with E-state index in [-0.39, 0.29) is 0 Å². The molecular formula is C54H33N3O. The second-order valence-electron chi connectivity index (χ2n) is 14.9. The Kier molecular flexibility index (Phi) is 7.20. The van der Waals surface area contributed by atoms with Gasteiger partial charge in [0.2, 0.25) is 5.95 Å². The van der Waals surface area contributed by atoms with E-state index in [1.807, 2.05) is 6.07 Å². The van der Waals surface area contributed by atoms with Gasteiger partial charge in [-0.2, -0.15) is 0 Å². The van der Waals surface area contributed by atoms with E-state index in [4.69, 9.17) is 14.4 Å². The van der Waals surface area contributed by atoms with Gasteiger partial charge in [-0.1, -0.05) is 164 Å². The standard InChI is InChI=1S/C54H33N3O/c1-4-14-34(15-5-1)36-24-26-38(27-25-36)53-42-22-12-13-23-45(42)55-54(56-53)57-46-30-31-48-51(43-29-28-39(32-49(43)58-48)35-16-6-2-7-17-35)52(46)50-41-21-11-10-20-40(41)44(33-47(50)57)37-18-8-3-9-19-37/h1-33H. The summed E-state index contributed by atoms with van der Waals surface area (Å²) in [6.45, 7) is 0. The zero-order valence-corrected chi connectivity index (χ0v) is 31.3. The van der Waals surface area contributed by atoms with Crippen LogP contribution in [0, 0.1) is 0 Å². The van der Waals surface area contributed by atoms with Gasteiger partial charge in [0.1, 0.15) is 11.2 Å². The lowest BCUT2D eigenvalue weighted by Crippen LogP contribution is -2.03. The van der Waals surface area contributed by atoms with Gasteiger partial charge in [0.25, 0.3) is 0 Å². The minimum absolute atomic E-state index is 0.619. The van der Waals surface area contributed by atoms with Crippen LogP contribution in [0.5, 0.6) is 0 Å². The lowest BCUT2D eigenvalue weighted by molar-refractivity contribution is 0.669. The summed E-state index contributed by atoms with van der Waals surface area (Å²) in [4.78, 5) is 10.9. The highest BCUT2D eigenvalue weighted by molar-refractivity contribution is 6.33. The zero-order valence-electron chi connectivity index (χ0n) is 31.3. The molecule has 0 saturated carbocycles. The Labute approximate surface area is 333 Å². The smallest absolute Gasteiger partial charge is 0.235 e. The van der Waals surface area contributed by atoms with Gasteiger partial charge in [-0.05, 0) is 80.6 Å². The highest BCUT2D eigenvalue weighted by Crippen LogP contribution is 2.46. The van der Waals surface area contributed by atoms with Crippen molar-refractivity contribution in [1.29, 1.82) is 0 Å². The molecule has 0 bridgehead atoms. The van der Waals surface area contributed by atoms with Crippen LogP contribution in [0.2, 0.25) is 0 Å². The quantitative estimate of drug-likeness (QED) is 0.177. The van der Waals surface area contributed by atoms with E-state index in [0.717, 1.165) is 93.7 Å². The van der Waals surface area contributed by atoms with Crippen LogP contribution in [-0.4, -0.2) is 14.5 Å². The number of fused-ring (bicyclic) bond motifs is 10. The molecule has 9 aromatic carbocycles. The summed E-state index contributed by atoms with van der Waals surface area (Å²) in [6, 6.07) is 70.7. The molecule has 0 radical (unpaired) electrons. The van der Waals surface area contributed by atoms with E-state index < -0.39 is 0 Å². The summed E-state index contributed by atoms with van der Waals surface area (Å²) in [7, 11) is 0. The van der Waals surface area contributed by atoms with Crippen molar-refractivity contribution in [2.45, 2.75) is 0 Å². The molecule has 12 rings (SSSR count). The van der Waals surface area contributed by atoms with E-state index >= 15 is 0 Å². The molecule has 0 amide bonds. The predicted molar refractivity (Wildman–Crippen MR) is 240 cm³/mol. The van der Waals surface area contributed by atoms with Crippen LogP contribution in [0.25, 0.3) is 116 Å². The first-order valence-corrected chi connectivity index (χ1v) is 19.7. The predicted octanol–water partition coefficient (Wildman–Crippen LogP) is 14.4. The summed E-state index contributed by atoms with van der Waals surface area (Å²) < 4.78 is 9.00. The Balaban J connectivity index is 1.19. The van der Waals surface area contributed by atoms with Crippen LogP contribution >= 0.6 is 0 Å². The van der Waals surface area contributed by atoms with Crippen molar-refractivity contribution in [3.8, 4) is 50.6 Å². The second kappa shape index (κ2) is 12.9. The number of furan rings is 1. The molecule has 3 aromatic heterocycles. The van der Waals surface area contributed by atoms with Crippen LogP contribution in [0.3, 0.4) is 0 Å². The number of rotatable bonds is 5. The van der Waals surface area contributed by atoms with Crippen LogP contribution in [0.15, 0.2) is 205 Å². The minimum Gasteiger partial charge on any atom is -0.456 e. The normalized spacial score (nSPS) is 11.8. The van der Waals surface area contributed by atoms with Crippen molar-refractivity contribution in [2.75, 3.05) is 0 Å². The highest BCUT2D eigenvalue weighted by atomic mass is 16.3. The SMILES string of the molecule is c1ccc(-c2ccc(-c3nc(-n4c5cc(-c6ccccc6)c6ccccc6c5c5c6c(ccc54)oc4cc(-c5ccccc5)ccc46)nc4ccccc34)cc2)cc1. The van der Waals surface area contributed by atoms with Gasteiger partial charge in [0.15, 0.2) is 0 Å². The Hall–Kier alpha value is -7.82. The number of benzene rings is 9. The number of para-hydroxylation sites is 1. The monoisotopic (exact) mass is 739 g/mol. The summed E-state index contributed by atoms with van der Waals surface area (Å²) in [6.07, 6.45) is 0. The molecule has 0 spiro atoms. The van der Waals surface area contributed by atoms with Crippen LogP contribution in [-0.2, 0) is 0 Å². The van der Waals surface area contributed by atoms with Gasteiger partial charge < -0.3 is 4.42 Å². The van der Waals surface area contributed by atoms with Crippen molar-refractivity contribution >= 4 is 65.4 Å². The summed E-state index contributed by atoms with van der Waals surface area (Å²) >= 11 is 0. The first kappa shape index (κ1) is 32.4. The third kappa shape index (κ3) is 5.02. The molecule has 0 atom stereocenters. The molecule has 12 aromatic rings. The molecule has 270 valence electrons. The van der Waals surface area contributed by atoms with E-state index in [1.165, 1.54) is 16.3 Å². The highest BCUT2D eigenvalue weighted by Gasteiger charge is 2.24. The van der Waals surface area contributed by atoms with E-state index in [0.29, 0.717) is 5.95 Å². The molecule has 0 N–H and O–H groups in total. The molecule has 58 heavy (non-hydrogen) atoms. The van der Waals surface area contributed by atoms with Crippen molar-refractivity contribution in [2.24, 2.45) is 0 Å². The fourth-order valence-corrected chi connectivity index (χ4v) is 8.94. The largest absolute Gasteiger partial charge is 0.456 e. The zero-order chi connectivity index (χ0) is 38.2. The molecule has 3 heterocycles. The number of hydrogen-bond donors (Lipinski definition) is 0. The van der Waals surface area contributed by atoms with Crippen LogP contribution < -0.4 is 0 Å². The maximum atomic E-state index is 6.73. The lowest BCUT2D eigenvalue weighted by atomic mass is 9.94. The summed E-state index contributed by atoms with van der Waals surface area (Å²) in [5, 5.41) is 7.81. The Morgan fingerprint density at radius 2 is 0.931 bits per heavy atom. The topological polar surface area (TPSA) is 43.9 Å². The molecule has 0 aliphatic rings. The molecule has 0 unspecified atom stereocenters. The molecule has 0 aliphatic heterocycles. The average molecular weight is 740 g/mol. The third-order valence-electron chi connectivity index (χ3n) is 11.6. The van der Waals surface area contributed by atoms with Gasteiger partial charge in [0.05, 0.1) is 22.2 Å². The first-order valence-electron chi connectivity index (χ1n) is 19.7. The van der Waals surface area contributed by atoms with Crippen LogP contribution in [0.4, 0.5) is 0 Å². The van der Waals surface area contributed by atoms with Crippen molar-refractivity contribution in [3.05, 3.63) is 200 Å². The Bertz CT molecular complexity index is 3530. The van der Waals surface area contributed by atoms with E-state index in [2.05, 4.69) is 199 Å². The number of hydrogen-bond acceptors (Lipinski definition) is 3. The first-order chi connectivity index (χ1) is 28.8.